The molecule has 14 heavy (non-hydrogen) atoms. The fraction of sp³-hybridized carbons (Fsp3) is 0.100. The Morgan fingerprint density at radius 2 is 2.00 bits per heavy atom. The molecule has 0 amide bonds. The van der Waals surface area contributed by atoms with E-state index in [0.29, 0.717) is 5.88 Å². The van der Waals surface area contributed by atoms with E-state index in [2.05, 4.69) is 15.2 Å². The molecule has 70 valence electrons. The molecule has 0 saturated carbocycles. The van der Waals surface area contributed by atoms with E-state index in [1.807, 2.05) is 24.3 Å². The third-order valence-electron chi connectivity index (χ3n) is 1.85. The minimum atomic E-state index is 0.430. The van der Waals surface area contributed by atoms with Gasteiger partial charge in [-0.3, -0.25) is 4.98 Å². The summed E-state index contributed by atoms with van der Waals surface area (Å²) >= 11 is 5.79. The molecular formula is C10H8ClN3. The lowest BCUT2D eigenvalue weighted by molar-refractivity contribution is 1.02. The highest BCUT2D eigenvalue weighted by Gasteiger charge is 2.05. The van der Waals surface area contributed by atoms with Crippen LogP contribution in [-0.4, -0.2) is 15.2 Å². The molecule has 2 rings (SSSR count). The average Bonchev–Trinajstić information content (AvgIpc) is 2.30. The maximum absolute atomic E-state index is 5.79. The van der Waals surface area contributed by atoms with Crippen LogP contribution in [0.5, 0.6) is 0 Å². The van der Waals surface area contributed by atoms with Crippen LogP contribution in [0.1, 0.15) is 5.56 Å². The van der Waals surface area contributed by atoms with Crippen molar-refractivity contribution in [3.05, 3.63) is 42.2 Å². The van der Waals surface area contributed by atoms with Crippen molar-refractivity contribution in [2.75, 3.05) is 0 Å². The summed E-state index contributed by atoms with van der Waals surface area (Å²) in [7, 11) is 0. The number of alkyl halides is 1. The molecule has 0 saturated heterocycles. The Bertz CT molecular complexity index is 417. The van der Waals surface area contributed by atoms with Crippen LogP contribution in [0.2, 0.25) is 0 Å². The highest BCUT2D eigenvalue weighted by molar-refractivity contribution is 6.17. The van der Waals surface area contributed by atoms with Gasteiger partial charge in [0.1, 0.15) is 5.69 Å². The Balaban J connectivity index is 2.51. The lowest BCUT2D eigenvalue weighted by Gasteiger charge is -2.02. The number of hydrogen-bond acceptors (Lipinski definition) is 3. The Kier molecular flexibility index (Phi) is 2.70. The molecule has 0 radical (unpaired) electrons. The van der Waals surface area contributed by atoms with Gasteiger partial charge < -0.3 is 0 Å². The molecule has 0 N–H and O–H groups in total. The molecule has 0 aromatic carbocycles. The van der Waals surface area contributed by atoms with Crippen molar-refractivity contribution < 1.29 is 0 Å². The largest absolute Gasteiger partial charge is 0.254 e. The van der Waals surface area contributed by atoms with Gasteiger partial charge in [-0.25, -0.2) is 0 Å². The second-order valence-electron chi connectivity index (χ2n) is 2.75. The summed E-state index contributed by atoms with van der Waals surface area (Å²) in [6, 6.07) is 7.49. The van der Waals surface area contributed by atoms with Crippen molar-refractivity contribution in [1.29, 1.82) is 0 Å². The number of nitrogens with zero attached hydrogens (tertiary/aromatic N) is 3. The summed E-state index contributed by atoms with van der Waals surface area (Å²) in [5.41, 5.74) is 2.52. The van der Waals surface area contributed by atoms with Crippen molar-refractivity contribution in [3.63, 3.8) is 0 Å². The SMILES string of the molecule is ClCc1cccnc1-c1cccnn1. The predicted molar refractivity (Wildman–Crippen MR) is 54.8 cm³/mol. The molecule has 0 spiro atoms. The van der Waals surface area contributed by atoms with Crippen LogP contribution in [0.4, 0.5) is 0 Å². The van der Waals surface area contributed by atoms with Crippen LogP contribution in [0, 0.1) is 0 Å². The lowest BCUT2D eigenvalue weighted by Crippen LogP contribution is -1.93. The molecular weight excluding hydrogens is 198 g/mol. The number of rotatable bonds is 2. The van der Waals surface area contributed by atoms with E-state index in [9.17, 15) is 0 Å². The Morgan fingerprint density at radius 3 is 2.71 bits per heavy atom. The Hall–Kier alpha value is -1.48. The van der Waals surface area contributed by atoms with Crippen molar-refractivity contribution in [2.24, 2.45) is 0 Å². The quantitative estimate of drug-likeness (QED) is 0.706. The van der Waals surface area contributed by atoms with E-state index in [1.54, 1.807) is 12.4 Å². The molecule has 0 unspecified atom stereocenters. The van der Waals surface area contributed by atoms with E-state index in [0.717, 1.165) is 17.0 Å². The molecule has 0 aliphatic carbocycles. The van der Waals surface area contributed by atoms with Crippen molar-refractivity contribution in [1.82, 2.24) is 15.2 Å². The van der Waals surface area contributed by atoms with Crippen LogP contribution in [0.3, 0.4) is 0 Å². The first-order valence-electron chi connectivity index (χ1n) is 4.20. The summed E-state index contributed by atoms with van der Waals surface area (Å²) in [5.74, 6) is 0.430. The molecule has 0 fully saturated rings. The minimum Gasteiger partial charge on any atom is -0.254 e. The third-order valence-corrected chi connectivity index (χ3v) is 2.14. The zero-order chi connectivity index (χ0) is 9.80. The van der Waals surface area contributed by atoms with Crippen LogP contribution in [0.25, 0.3) is 11.4 Å². The zero-order valence-corrected chi connectivity index (χ0v) is 8.15. The summed E-state index contributed by atoms with van der Waals surface area (Å²) in [6.07, 6.45) is 3.35. The van der Waals surface area contributed by atoms with E-state index in [-0.39, 0.29) is 0 Å². The minimum absolute atomic E-state index is 0.430. The lowest BCUT2D eigenvalue weighted by atomic mass is 10.1. The highest BCUT2D eigenvalue weighted by Crippen LogP contribution is 2.19. The molecule has 4 heteroatoms. The maximum atomic E-state index is 5.79. The van der Waals surface area contributed by atoms with Gasteiger partial charge in [-0.15, -0.1) is 16.7 Å². The number of aromatic nitrogens is 3. The molecule has 3 nitrogen and oxygen atoms in total. The van der Waals surface area contributed by atoms with Crippen molar-refractivity contribution in [2.45, 2.75) is 5.88 Å². The van der Waals surface area contributed by atoms with Gasteiger partial charge in [-0.1, -0.05) is 6.07 Å². The molecule has 0 aliphatic heterocycles. The normalized spacial score (nSPS) is 10.1. The molecule has 2 aromatic heterocycles. The topological polar surface area (TPSA) is 38.7 Å². The summed E-state index contributed by atoms with van der Waals surface area (Å²) < 4.78 is 0. The second kappa shape index (κ2) is 4.15. The van der Waals surface area contributed by atoms with Crippen LogP contribution >= 0.6 is 11.6 Å². The van der Waals surface area contributed by atoms with Gasteiger partial charge in [0.25, 0.3) is 0 Å². The molecule has 2 heterocycles. The van der Waals surface area contributed by atoms with Crippen LogP contribution in [0.15, 0.2) is 36.7 Å². The molecule has 0 bridgehead atoms. The van der Waals surface area contributed by atoms with E-state index < -0.39 is 0 Å². The Labute approximate surface area is 86.8 Å². The van der Waals surface area contributed by atoms with E-state index >= 15 is 0 Å². The molecule has 2 aromatic rings. The fourth-order valence-corrected chi connectivity index (χ4v) is 1.42. The zero-order valence-electron chi connectivity index (χ0n) is 7.39. The summed E-state index contributed by atoms with van der Waals surface area (Å²) in [6.45, 7) is 0. The first-order valence-corrected chi connectivity index (χ1v) is 4.73. The predicted octanol–water partition coefficient (Wildman–Crippen LogP) is 2.28. The van der Waals surface area contributed by atoms with Gasteiger partial charge in [0, 0.05) is 18.3 Å². The average molecular weight is 206 g/mol. The van der Waals surface area contributed by atoms with Crippen LogP contribution in [-0.2, 0) is 5.88 Å². The van der Waals surface area contributed by atoms with E-state index in [4.69, 9.17) is 11.6 Å². The first kappa shape index (κ1) is 9.09. The third kappa shape index (κ3) is 1.72. The van der Waals surface area contributed by atoms with Gasteiger partial charge in [0.2, 0.25) is 0 Å². The van der Waals surface area contributed by atoms with Crippen molar-refractivity contribution in [3.8, 4) is 11.4 Å². The van der Waals surface area contributed by atoms with E-state index in [1.165, 1.54) is 0 Å². The number of halogens is 1. The number of pyridine rings is 1. The molecule has 0 atom stereocenters. The first-order chi connectivity index (χ1) is 6.92. The highest BCUT2D eigenvalue weighted by atomic mass is 35.5. The fourth-order valence-electron chi connectivity index (χ4n) is 1.20. The maximum Gasteiger partial charge on any atom is 0.112 e. The van der Waals surface area contributed by atoms with Gasteiger partial charge in [0.15, 0.2) is 0 Å². The van der Waals surface area contributed by atoms with Gasteiger partial charge in [-0.2, -0.15) is 5.10 Å². The smallest absolute Gasteiger partial charge is 0.112 e. The van der Waals surface area contributed by atoms with Gasteiger partial charge in [-0.05, 0) is 23.8 Å². The summed E-state index contributed by atoms with van der Waals surface area (Å²) in [5, 5.41) is 7.79. The van der Waals surface area contributed by atoms with Gasteiger partial charge in [0.05, 0.1) is 5.69 Å². The molecule has 0 aliphatic rings. The van der Waals surface area contributed by atoms with Crippen LogP contribution < -0.4 is 0 Å². The Morgan fingerprint density at radius 1 is 1.14 bits per heavy atom. The monoisotopic (exact) mass is 205 g/mol. The van der Waals surface area contributed by atoms with Gasteiger partial charge >= 0.3 is 0 Å². The second-order valence-corrected chi connectivity index (χ2v) is 3.02. The van der Waals surface area contributed by atoms with Crippen molar-refractivity contribution >= 4 is 11.6 Å². The standard InChI is InChI=1S/C10H8ClN3/c11-7-8-3-1-5-12-10(8)9-4-2-6-13-14-9/h1-6H,7H2. The number of hydrogen-bond donors (Lipinski definition) is 0. The summed E-state index contributed by atoms with van der Waals surface area (Å²) in [4.78, 5) is 4.23.